The third kappa shape index (κ3) is 2.73. The molecule has 2 aromatic heterocycles. The number of carbonyl (C=O) groups excluding carboxylic acids is 3. The highest BCUT2D eigenvalue weighted by atomic mass is 16.2. The Kier molecular flexibility index (Phi) is 3.67. The number of anilines is 1. The molecule has 0 atom stereocenters. The zero-order chi connectivity index (χ0) is 20.1. The summed E-state index contributed by atoms with van der Waals surface area (Å²) in [6.07, 6.45) is 3.65. The highest BCUT2D eigenvalue weighted by Crippen LogP contribution is 2.29. The van der Waals surface area contributed by atoms with E-state index >= 15 is 0 Å². The maximum atomic E-state index is 12.8. The Morgan fingerprint density at radius 2 is 1.59 bits per heavy atom. The van der Waals surface area contributed by atoms with Crippen LogP contribution in [0.15, 0.2) is 67.0 Å². The van der Waals surface area contributed by atoms with E-state index in [1.165, 1.54) is 0 Å². The molecule has 0 aliphatic heterocycles. The second-order valence-electron chi connectivity index (χ2n) is 6.98. The number of hydrogen-bond acceptors (Lipinski definition) is 4. The first-order chi connectivity index (χ1) is 14.0. The minimum absolute atomic E-state index is 0.187. The molecule has 1 aliphatic rings. The number of benzene rings is 2. The molecule has 0 radical (unpaired) electrons. The summed E-state index contributed by atoms with van der Waals surface area (Å²) in [4.78, 5) is 42.6. The zero-order valence-corrected chi connectivity index (χ0v) is 15.5. The number of nitrogens with zero attached hydrogens (tertiary/aromatic N) is 2. The van der Waals surface area contributed by atoms with Gasteiger partial charge in [0, 0.05) is 45.9 Å². The van der Waals surface area contributed by atoms with Crippen molar-refractivity contribution in [3.63, 3.8) is 0 Å². The first-order valence-electron chi connectivity index (χ1n) is 9.10. The van der Waals surface area contributed by atoms with E-state index < -0.39 is 0 Å². The summed E-state index contributed by atoms with van der Waals surface area (Å²) in [7, 11) is 0. The third-order valence-corrected chi connectivity index (χ3v) is 5.03. The van der Waals surface area contributed by atoms with Gasteiger partial charge in [-0.2, -0.15) is 0 Å². The van der Waals surface area contributed by atoms with E-state index in [4.69, 9.17) is 0 Å². The summed E-state index contributed by atoms with van der Waals surface area (Å²) in [6.45, 7) is 1.89. The summed E-state index contributed by atoms with van der Waals surface area (Å²) in [5, 5.41) is 2.80. The van der Waals surface area contributed by atoms with Crippen molar-refractivity contribution in [1.29, 1.82) is 0 Å². The van der Waals surface area contributed by atoms with Gasteiger partial charge in [-0.05, 0) is 37.3 Å². The van der Waals surface area contributed by atoms with Gasteiger partial charge >= 0.3 is 0 Å². The topological polar surface area (TPSA) is 80.5 Å². The maximum Gasteiger partial charge on any atom is 0.255 e. The van der Waals surface area contributed by atoms with Crippen molar-refractivity contribution < 1.29 is 14.4 Å². The van der Waals surface area contributed by atoms with Crippen LogP contribution >= 0.6 is 0 Å². The van der Waals surface area contributed by atoms with Crippen LogP contribution in [0.5, 0.6) is 0 Å². The van der Waals surface area contributed by atoms with Crippen LogP contribution in [0.2, 0.25) is 0 Å². The number of fused-ring (bicyclic) bond motifs is 3. The lowest BCUT2D eigenvalue weighted by atomic mass is 9.84. The summed E-state index contributed by atoms with van der Waals surface area (Å²) in [6, 6.07) is 14.9. The smallest absolute Gasteiger partial charge is 0.255 e. The number of pyridine rings is 1. The van der Waals surface area contributed by atoms with Crippen molar-refractivity contribution >= 4 is 28.8 Å². The third-order valence-electron chi connectivity index (χ3n) is 5.03. The Morgan fingerprint density at radius 3 is 2.34 bits per heavy atom. The molecular weight excluding hydrogens is 366 g/mol. The Morgan fingerprint density at radius 1 is 0.897 bits per heavy atom. The van der Waals surface area contributed by atoms with E-state index in [0.29, 0.717) is 39.2 Å². The van der Waals surface area contributed by atoms with E-state index in [1.807, 2.05) is 17.5 Å². The van der Waals surface area contributed by atoms with Crippen molar-refractivity contribution in [2.24, 2.45) is 0 Å². The number of imidazole rings is 1. The Bertz CT molecular complexity index is 1350. The summed E-state index contributed by atoms with van der Waals surface area (Å²) in [5.74, 6) is -0.725. The van der Waals surface area contributed by atoms with Crippen LogP contribution in [-0.4, -0.2) is 26.9 Å². The van der Waals surface area contributed by atoms with Crippen LogP contribution < -0.4 is 5.32 Å². The number of aromatic nitrogens is 2. The lowest BCUT2D eigenvalue weighted by Gasteiger charge is -2.18. The lowest BCUT2D eigenvalue weighted by Crippen LogP contribution is -2.21. The van der Waals surface area contributed by atoms with E-state index in [2.05, 4.69) is 10.3 Å². The molecule has 4 aromatic rings. The van der Waals surface area contributed by atoms with Crippen LogP contribution in [0.25, 0.3) is 5.65 Å². The molecule has 29 heavy (non-hydrogen) atoms. The van der Waals surface area contributed by atoms with E-state index in [-0.39, 0.29) is 17.5 Å². The van der Waals surface area contributed by atoms with Gasteiger partial charge < -0.3 is 9.72 Å². The van der Waals surface area contributed by atoms with Gasteiger partial charge in [-0.1, -0.05) is 24.3 Å². The number of rotatable bonds is 2. The first kappa shape index (κ1) is 17.1. The normalized spacial score (nSPS) is 12.6. The maximum absolute atomic E-state index is 12.8. The van der Waals surface area contributed by atoms with Gasteiger partial charge in [0.2, 0.25) is 0 Å². The van der Waals surface area contributed by atoms with Crippen LogP contribution in [0.4, 0.5) is 5.69 Å². The second kappa shape index (κ2) is 6.24. The molecule has 0 saturated heterocycles. The quantitative estimate of drug-likeness (QED) is 0.506. The van der Waals surface area contributed by atoms with Gasteiger partial charge in [0.1, 0.15) is 5.65 Å². The van der Waals surface area contributed by atoms with Crippen molar-refractivity contribution in [3.05, 3.63) is 101 Å². The van der Waals surface area contributed by atoms with Crippen LogP contribution in [0.1, 0.15) is 47.9 Å². The second-order valence-corrected chi connectivity index (χ2v) is 6.98. The number of nitrogens with one attached hydrogen (secondary N) is 1. The molecule has 1 aliphatic carbocycles. The molecule has 0 spiro atoms. The van der Waals surface area contributed by atoms with Gasteiger partial charge in [0.25, 0.3) is 5.91 Å². The Balaban J connectivity index is 1.47. The fourth-order valence-electron chi connectivity index (χ4n) is 3.63. The van der Waals surface area contributed by atoms with Gasteiger partial charge in [-0.15, -0.1) is 0 Å². The van der Waals surface area contributed by atoms with Crippen LogP contribution in [0.3, 0.4) is 0 Å². The van der Waals surface area contributed by atoms with Crippen molar-refractivity contribution in [3.8, 4) is 0 Å². The van der Waals surface area contributed by atoms with Gasteiger partial charge in [0.05, 0.1) is 5.69 Å². The van der Waals surface area contributed by atoms with Gasteiger partial charge in [-0.3, -0.25) is 14.4 Å². The molecule has 0 unspecified atom stereocenters. The van der Waals surface area contributed by atoms with Crippen LogP contribution in [-0.2, 0) is 0 Å². The Hall–Kier alpha value is -4.06. The van der Waals surface area contributed by atoms with Gasteiger partial charge in [0.15, 0.2) is 11.6 Å². The average Bonchev–Trinajstić information content (AvgIpc) is 3.11. The van der Waals surface area contributed by atoms with Crippen molar-refractivity contribution in [1.82, 2.24) is 9.38 Å². The van der Waals surface area contributed by atoms with E-state index in [0.717, 1.165) is 5.69 Å². The van der Waals surface area contributed by atoms with Gasteiger partial charge in [-0.25, -0.2) is 4.98 Å². The average molecular weight is 381 g/mol. The summed E-state index contributed by atoms with van der Waals surface area (Å²) >= 11 is 0. The number of amides is 1. The largest absolute Gasteiger partial charge is 0.322 e. The highest BCUT2D eigenvalue weighted by molar-refractivity contribution is 6.28. The minimum Gasteiger partial charge on any atom is -0.322 e. The zero-order valence-electron chi connectivity index (χ0n) is 15.5. The van der Waals surface area contributed by atoms with E-state index in [9.17, 15) is 14.4 Å². The molecule has 1 N–H and O–H groups in total. The number of carbonyl (C=O) groups is 3. The number of ketones is 2. The molecule has 0 saturated carbocycles. The molecule has 0 bridgehead atoms. The number of aryl methyl sites for hydroxylation is 1. The summed E-state index contributed by atoms with van der Waals surface area (Å²) < 4.78 is 1.84. The molecule has 6 nitrogen and oxygen atoms in total. The molecule has 2 aromatic carbocycles. The predicted octanol–water partition coefficient (Wildman–Crippen LogP) is 3.67. The molecule has 6 heteroatoms. The predicted molar refractivity (Wildman–Crippen MR) is 108 cm³/mol. The first-order valence-corrected chi connectivity index (χ1v) is 9.10. The minimum atomic E-state index is -0.317. The Labute approximate surface area is 165 Å². The standard InChI is InChI=1S/C23H15N3O3/c1-13-12-26-9-8-14(10-20(26)24-13)23(29)25-15-6-7-18-19(11-15)22(28)17-5-3-2-4-16(17)21(18)27/h2-12H,1H3,(H,25,29). The van der Waals surface area contributed by atoms with Crippen molar-refractivity contribution in [2.75, 3.05) is 5.32 Å². The fourth-order valence-corrected chi connectivity index (χ4v) is 3.63. The molecule has 140 valence electrons. The molecule has 5 rings (SSSR count). The lowest BCUT2D eigenvalue weighted by molar-refractivity contribution is 0.0979. The molecule has 0 fully saturated rings. The molecular formula is C23H15N3O3. The van der Waals surface area contributed by atoms with E-state index in [1.54, 1.807) is 60.8 Å². The van der Waals surface area contributed by atoms with Crippen LogP contribution in [0, 0.1) is 6.92 Å². The molecule has 2 heterocycles. The van der Waals surface area contributed by atoms with Crippen molar-refractivity contribution in [2.45, 2.75) is 6.92 Å². The summed E-state index contributed by atoms with van der Waals surface area (Å²) in [5.41, 5.74) is 3.88. The monoisotopic (exact) mass is 381 g/mol. The fraction of sp³-hybridized carbons (Fsp3) is 0.0435. The highest BCUT2D eigenvalue weighted by Gasteiger charge is 2.29. The number of hydrogen-bond donors (Lipinski definition) is 1. The molecule has 1 amide bonds. The SMILES string of the molecule is Cc1cn2ccc(C(=O)Nc3ccc4c(c3)C(=O)c3ccccc3C4=O)cc2n1.